The molecule has 0 aromatic carbocycles. The Bertz CT molecular complexity index is 517. The molecule has 1 aliphatic rings. The Kier molecular flexibility index (Phi) is 8.76. The maximum Gasteiger partial charge on any atom is 0.193 e. The molecule has 1 atom stereocenters. The van der Waals surface area contributed by atoms with Gasteiger partial charge in [0.25, 0.3) is 0 Å². The third kappa shape index (κ3) is 6.66. The Hall–Kier alpha value is -1.60. The fourth-order valence-corrected chi connectivity index (χ4v) is 3.13. The molecule has 1 fully saturated rings. The number of unbranched alkanes of at least 4 members (excludes halogenated alkanes) is 1. The molecule has 0 aliphatic carbocycles. The third-order valence-corrected chi connectivity index (χ3v) is 4.62. The molecule has 0 spiro atoms. The third-order valence-electron chi connectivity index (χ3n) is 4.62. The Morgan fingerprint density at radius 1 is 1.40 bits per heavy atom. The number of hydrogen-bond donors (Lipinski definition) is 1. The number of guanidine groups is 1. The summed E-state index contributed by atoms with van der Waals surface area (Å²) in [6.45, 7) is 8.23. The number of nitrogens with one attached hydrogen (secondary N) is 1. The highest BCUT2D eigenvalue weighted by atomic mass is 16.5. The Morgan fingerprint density at radius 3 is 3.00 bits per heavy atom. The zero-order valence-electron chi connectivity index (χ0n) is 15.9. The summed E-state index contributed by atoms with van der Waals surface area (Å²) < 4.78 is 12.9. The molecule has 0 amide bonds. The summed E-state index contributed by atoms with van der Waals surface area (Å²) in [5.41, 5.74) is 0. The molecule has 1 aliphatic heterocycles. The lowest BCUT2D eigenvalue weighted by atomic mass is 10.1. The molecule has 0 radical (unpaired) electrons. The van der Waals surface area contributed by atoms with Crippen LogP contribution in [0.5, 0.6) is 0 Å². The van der Waals surface area contributed by atoms with Crippen LogP contribution in [0.1, 0.15) is 25.1 Å². The number of hydrogen-bond acceptors (Lipinski definition) is 4. The van der Waals surface area contributed by atoms with E-state index in [1.807, 2.05) is 26.4 Å². The van der Waals surface area contributed by atoms with Crippen LogP contribution in [0.4, 0.5) is 0 Å². The number of aromatic nitrogens is 2. The van der Waals surface area contributed by atoms with Gasteiger partial charge in [-0.25, -0.2) is 4.98 Å². The van der Waals surface area contributed by atoms with E-state index in [9.17, 15) is 0 Å². The number of likely N-dealkylation sites (tertiary alicyclic amines) is 1. The Labute approximate surface area is 151 Å². The van der Waals surface area contributed by atoms with Gasteiger partial charge < -0.3 is 24.3 Å². The fraction of sp³-hybridized carbons (Fsp3) is 0.778. The fourth-order valence-electron chi connectivity index (χ4n) is 3.13. The first-order valence-corrected chi connectivity index (χ1v) is 9.24. The van der Waals surface area contributed by atoms with Crippen LogP contribution in [0.15, 0.2) is 17.4 Å². The number of methoxy groups -OCH3 is 1. The van der Waals surface area contributed by atoms with Crippen LogP contribution >= 0.6 is 0 Å². The minimum Gasteiger partial charge on any atom is -0.382 e. The highest BCUT2D eigenvalue weighted by Gasteiger charge is 2.24. The van der Waals surface area contributed by atoms with Crippen molar-refractivity contribution in [3.8, 4) is 0 Å². The highest BCUT2D eigenvalue weighted by molar-refractivity contribution is 5.80. The van der Waals surface area contributed by atoms with E-state index in [1.165, 1.54) is 0 Å². The van der Waals surface area contributed by atoms with Crippen molar-refractivity contribution in [3.63, 3.8) is 0 Å². The number of ether oxygens (including phenoxy) is 2. The Morgan fingerprint density at radius 2 is 2.28 bits per heavy atom. The van der Waals surface area contributed by atoms with Gasteiger partial charge in [-0.1, -0.05) is 0 Å². The summed E-state index contributed by atoms with van der Waals surface area (Å²) in [4.78, 5) is 11.0. The lowest BCUT2D eigenvalue weighted by molar-refractivity contribution is 0.0536. The van der Waals surface area contributed by atoms with Crippen LogP contribution < -0.4 is 5.32 Å². The van der Waals surface area contributed by atoms with Crippen LogP contribution in [0, 0.1) is 12.8 Å². The SMILES string of the molecule is CN=C(NCCCCn1ccnc1C)N1CCC(COCCOC)C1. The van der Waals surface area contributed by atoms with Gasteiger partial charge in [-0.3, -0.25) is 4.99 Å². The van der Waals surface area contributed by atoms with E-state index in [0.29, 0.717) is 19.1 Å². The molecule has 2 heterocycles. The first-order chi connectivity index (χ1) is 12.2. The van der Waals surface area contributed by atoms with E-state index in [1.54, 1.807) is 7.11 Å². The van der Waals surface area contributed by atoms with Gasteiger partial charge >= 0.3 is 0 Å². The van der Waals surface area contributed by atoms with Gasteiger partial charge in [0.2, 0.25) is 0 Å². The summed E-state index contributed by atoms with van der Waals surface area (Å²) >= 11 is 0. The smallest absolute Gasteiger partial charge is 0.193 e. The minimum atomic E-state index is 0.583. The summed E-state index contributed by atoms with van der Waals surface area (Å²) in [5.74, 6) is 2.68. The van der Waals surface area contributed by atoms with Gasteiger partial charge in [-0.05, 0) is 26.2 Å². The first kappa shape index (κ1) is 19.7. The van der Waals surface area contributed by atoms with Crippen LogP contribution in [0.25, 0.3) is 0 Å². The maximum atomic E-state index is 5.66. The first-order valence-electron chi connectivity index (χ1n) is 9.24. The zero-order chi connectivity index (χ0) is 17.9. The van der Waals surface area contributed by atoms with Crippen molar-refractivity contribution in [2.24, 2.45) is 10.9 Å². The van der Waals surface area contributed by atoms with E-state index in [4.69, 9.17) is 9.47 Å². The van der Waals surface area contributed by atoms with Gasteiger partial charge in [-0.15, -0.1) is 0 Å². The molecule has 142 valence electrons. The van der Waals surface area contributed by atoms with E-state index in [-0.39, 0.29) is 0 Å². The van der Waals surface area contributed by atoms with Crippen molar-refractivity contribution in [1.29, 1.82) is 0 Å². The molecule has 7 heteroatoms. The molecule has 1 saturated heterocycles. The number of rotatable bonds is 10. The second-order valence-corrected chi connectivity index (χ2v) is 6.52. The van der Waals surface area contributed by atoms with Gasteiger partial charge in [0.15, 0.2) is 5.96 Å². The van der Waals surface area contributed by atoms with Gasteiger partial charge in [-0.2, -0.15) is 0 Å². The number of aliphatic imine (C=N–C) groups is 1. The van der Waals surface area contributed by atoms with Crippen molar-refractivity contribution in [2.45, 2.75) is 32.7 Å². The molecule has 25 heavy (non-hydrogen) atoms. The molecule has 1 N–H and O–H groups in total. The van der Waals surface area contributed by atoms with Crippen molar-refractivity contribution in [2.75, 3.05) is 53.6 Å². The van der Waals surface area contributed by atoms with Crippen molar-refractivity contribution >= 4 is 5.96 Å². The maximum absolute atomic E-state index is 5.66. The van der Waals surface area contributed by atoms with E-state index >= 15 is 0 Å². The zero-order valence-corrected chi connectivity index (χ0v) is 15.9. The summed E-state index contributed by atoms with van der Waals surface area (Å²) in [7, 11) is 3.56. The Balaban J connectivity index is 1.59. The van der Waals surface area contributed by atoms with Crippen LogP contribution in [0.3, 0.4) is 0 Å². The van der Waals surface area contributed by atoms with E-state index < -0.39 is 0 Å². The van der Waals surface area contributed by atoms with Gasteiger partial charge in [0, 0.05) is 58.6 Å². The molecule has 0 bridgehead atoms. The molecule has 1 aromatic rings. The lowest BCUT2D eigenvalue weighted by Gasteiger charge is -2.21. The minimum absolute atomic E-state index is 0.583. The average molecular weight is 351 g/mol. The normalized spacial score (nSPS) is 18.1. The number of nitrogens with zero attached hydrogens (tertiary/aromatic N) is 4. The van der Waals surface area contributed by atoms with Crippen LogP contribution in [0.2, 0.25) is 0 Å². The second-order valence-electron chi connectivity index (χ2n) is 6.52. The topological polar surface area (TPSA) is 63.9 Å². The average Bonchev–Trinajstić information content (AvgIpc) is 3.24. The molecule has 1 aromatic heterocycles. The van der Waals surface area contributed by atoms with Gasteiger partial charge in [0.05, 0.1) is 19.8 Å². The quantitative estimate of drug-likeness (QED) is 0.393. The molecule has 0 saturated carbocycles. The van der Waals surface area contributed by atoms with Crippen molar-refractivity contribution in [1.82, 2.24) is 19.8 Å². The molecular formula is C18H33N5O2. The lowest BCUT2D eigenvalue weighted by Crippen LogP contribution is -2.40. The predicted molar refractivity (Wildman–Crippen MR) is 99.9 cm³/mol. The molecular weight excluding hydrogens is 318 g/mol. The van der Waals surface area contributed by atoms with Crippen molar-refractivity contribution in [3.05, 3.63) is 18.2 Å². The number of aryl methyl sites for hydroxylation is 2. The van der Waals surface area contributed by atoms with Crippen LogP contribution in [-0.4, -0.2) is 74.0 Å². The van der Waals surface area contributed by atoms with Gasteiger partial charge in [0.1, 0.15) is 5.82 Å². The van der Waals surface area contributed by atoms with E-state index in [2.05, 4.69) is 24.8 Å². The van der Waals surface area contributed by atoms with E-state index in [0.717, 1.165) is 63.8 Å². The number of imidazole rings is 1. The summed E-state index contributed by atoms with van der Waals surface area (Å²) in [5, 5.41) is 3.49. The predicted octanol–water partition coefficient (Wildman–Crippen LogP) is 1.53. The molecule has 2 rings (SSSR count). The van der Waals surface area contributed by atoms with Crippen molar-refractivity contribution < 1.29 is 9.47 Å². The second kappa shape index (κ2) is 11.1. The van der Waals surface area contributed by atoms with Crippen LogP contribution in [-0.2, 0) is 16.0 Å². The largest absolute Gasteiger partial charge is 0.382 e. The molecule has 1 unspecified atom stereocenters. The summed E-state index contributed by atoms with van der Waals surface area (Å²) in [6, 6.07) is 0. The standard InChI is InChI=1S/C18H33N5O2/c1-16-20-8-11-22(16)9-5-4-7-21-18(19-2)23-10-6-17(14-23)15-25-13-12-24-3/h8,11,17H,4-7,9-10,12-15H2,1-3H3,(H,19,21). The molecule has 7 nitrogen and oxygen atoms in total. The summed E-state index contributed by atoms with van der Waals surface area (Å²) in [6.07, 6.45) is 7.32. The monoisotopic (exact) mass is 351 g/mol. The highest BCUT2D eigenvalue weighted by Crippen LogP contribution is 2.16.